The van der Waals surface area contributed by atoms with E-state index in [4.69, 9.17) is 4.84 Å². The molecule has 0 amide bonds. The van der Waals surface area contributed by atoms with Gasteiger partial charge in [-0.1, -0.05) is 35.5 Å². The van der Waals surface area contributed by atoms with Crippen molar-refractivity contribution in [2.75, 3.05) is 0 Å². The number of nitrogens with zero attached hydrogens (tertiary/aromatic N) is 3. The predicted molar refractivity (Wildman–Crippen MR) is 79.0 cm³/mol. The van der Waals surface area contributed by atoms with Crippen LogP contribution in [-0.2, 0) is 0 Å². The maximum atomic E-state index is 10.8. The van der Waals surface area contributed by atoms with Crippen LogP contribution in [0.1, 0.15) is 12.5 Å². The molecule has 0 aliphatic rings. The number of benzene rings is 2. The number of non-ortho nitro benzene ring substituents is 2. The summed E-state index contributed by atoms with van der Waals surface area (Å²) in [4.78, 5) is 25.2. The van der Waals surface area contributed by atoms with Gasteiger partial charge in [0.05, 0.1) is 33.8 Å². The minimum atomic E-state index is -0.729. The third-order valence-corrected chi connectivity index (χ3v) is 2.78. The minimum Gasteiger partial charge on any atom is -0.356 e. The van der Waals surface area contributed by atoms with Crippen molar-refractivity contribution in [2.24, 2.45) is 5.16 Å². The third-order valence-electron chi connectivity index (χ3n) is 2.78. The van der Waals surface area contributed by atoms with E-state index in [2.05, 4.69) is 5.16 Å². The van der Waals surface area contributed by atoms with E-state index >= 15 is 0 Å². The van der Waals surface area contributed by atoms with Crippen LogP contribution in [0.15, 0.2) is 53.7 Å². The van der Waals surface area contributed by atoms with Gasteiger partial charge in [0, 0.05) is 0 Å². The zero-order valence-electron chi connectivity index (χ0n) is 11.5. The van der Waals surface area contributed by atoms with E-state index in [1.165, 1.54) is 0 Å². The Morgan fingerprint density at radius 3 is 2.05 bits per heavy atom. The van der Waals surface area contributed by atoms with Crippen molar-refractivity contribution in [3.8, 4) is 5.75 Å². The van der Waals surface area contributed by atoms with Gasteiger partial charge >= 0.3 is 0 Å². The van der Waals surface area contributed by atoms with Crippen molar-refractivity contribution >= 4 is 17.1 Å². The molecule has 8 nitrogen and oxygen atoms in total. The van der Waals surface area contributed by atoms with Crippen LogP contribution in [0.5, 0.6) is 5.75 Å². The summed E-state index contributed by atoms with van der Waals surface area (Å²) in [5.74, 6) is -0.0730. The maximum Gasteiger partial charge on any atom is 0.280 e. The molecular weight excluding hydrogens is 290 g/mol. The molecule has 0 aromatic heterocycles. The molecule has 0 atom stereocenters. The van der Waals surface area contributed by atoms with Gasteiger partial charge in [0.25, 0.3) is 11.4 Å². The second-order valence-electron chi connectivity index (χ2n) is 4.33. The first-order chi connectivity index (χ1) is 10.5. The zero-order valence-corrected chi connectivity index (χ0v) is 11.5. The lowest BCUT2D eigenvalue weighted by atomic mass is 10.1. The Bertz CT molecular complexity index is 711. The molecule has 0 aliphatic heterocycles. The summed E-state index contributed by atoms with van der Waals surface area (Å²) in [6, 6.07) is 12.2. The Balaban J connectivity index is 2.29. The fourth-order valence-corrected chi connectivity index (χ4v) is 1.68. The Labute approximate surface area is 124 Å². The molecule has 2 rings (SSSR count). The highest BCUT2D eigenvalue weighted by molar-refractivity contribution is 5.98. The molecule has 0 saturated carbocycles. The van der Waals surface area contributed by atoms with Gasteiger partial charge < -0.3 is 4.84 Å². The van der Waals surface area contributed by atoms with Crippen LogP contribution in [-0.4, -0.2) is 15.6 Å². The molecular formula is C14H11N3O5. The summed E-state index contributed by atoms with van der Waals surface area (Å²) in [5.41, 5.74) is 0.478. The highest BCUT2D eigenvalue weighted by Crippen LogP contribution is 2.27. The SMILES string of the molecule is C/C(=N\Oc1cc([N+](=O)[O-])cc([N+](=O)[O-])c1)c1ccccc1. The molecule has 0 radical (unpaired) electrons. The standard InChI is InChI=1S/C14H11N3O5/c1-10(11-5-3-2-4-6-11)15-22-14-8-12(16(18)19)7-13(9-14)17(20)21/h2-9H,1H3/b15-10+. The van der Waals surface area contributed by atoms with E-state index in [1.54, 1.807) is 6.92 Å². The van der Waals surface area contributed by atoms with E-state index in [9.17, 15) is 20.2 Å². The van der Waals surface area contributed by atoms with Crippen LogP contribution >= 0.6 is 0 Å². The molecule has 0 saturated heterocycles. The molecule has 22 heavy (non-hydrogen) atoms. The Hall–Kier alpha value is -3.29. The molecule has 0 bridgehead atoms. The topological polar surface area (TPSA) is 108 Å². The third kappa shape index (κ3) is 3.63. The molecule has 112 valence electrons. The van der Waals surface area contributed by atoms with E-state index in [1.807, 2.05) is 30.3 Å². The first-order valence-electron chi connectivity index (χ1n) is 6.18. The smallest absolute Gasteiger partial charge is 0.280 e. The van der Waals surface area contributed by atoms with Gasteiger partial charge in [-0.2, -0.15) is 0 Å². The lowest BCUT2D eigenvalue weighted by Crippen LogP contribution is -1.98. The monoisotopic (exact) mass is 301 g/mol. The highest BCUT2D eigenvalue weighted by Gasteiger charge is 2.17. The van der Waals surface area contributed by atoms with E-state index < -0.39 is 21.2 Å². The maximum absolute atomic E-state index is 10.8. The summed E-state index contributed by atoms with van der Waals surface area (Å²) in [7, 11) is 0. The number of oxime groups is 1. The van der Waals surface area contributed by atoms with E-state index in [0.717, 1.165) is 23.8 Å². The second-order valence-corrected chi connectivity index (χ2v) is 4.33. The lowest BCUT2D eigenvalue weighted by molar-refractivity contribution is -0.394. The number of hydrogen-bond donors (Lipinski definition) is 0. The number of nitro benzene ring substituents is 2. The van der Waals surface area contributed by atoms with Gasteiger partial charge in [-0.05, 0) is 12.5 Å². The van der Waals surface area contributed by atoms with Crippen molar-refractivity contribution < 1.29 is 14.7 Å². The summed E-state index contributed by atoms with van der Waals surface area (Å²) in [6.45, 7) is 1.70. The second kappa shape index (κ2) is 6.44. The molecule has 0 unspecified atom stereocenters. The molecule has 2 aromatic carbocycles. The first-order valence-corrected chi connectivity index (χ1v) is 6.18. The van der Waals surface area contributed by atoms with Crippen LogP contribution in [0.3, 0.4) is 0 Å². The summed E-state index contributed by atoms with van der Waals surface area (Å²) < 4.78 is 0. The average Bonchev–Trinajstić information content (AvgIpc) is 2.53. The first kappa shape index (κ1) is 15.1. The van der Waals surface area contributed by atoms with Crippen LogP contribution in [0.4, 0.5) is 11.4 Å². The van der Waals surface area contributed by atoms with Gasteiger partial charge in [-0.15, -0.1) is 0 Å². The van der Waals surface area contributed by atoms with Gasteiger partial charge in [-0.25, -0.2) is 0 Å². The summed E-state index contributed by atoms with van der Waals surface area (Å²) in [6.07, 6.45) is 0. The number of nitro groups is 2. The van der Waals surface area contributed by atoms with Gasteiger partial charge in [0.15, 0.2) is 5.75 Å². The molecule has 0 N–H and O–H groups in total. The van der Waals surface area contributed by atoms with Crippen LogP contribution < -0.4 is 4.84 Å². The summed E-state index contributed by atoms with van der Waals surface area (Å²) in [5, 5.41) is 25.4. The molecule has 0 heterocycles. The quantitative estimate of drug-likeness (QED) is 0.478. The Morgan fingerprint density at radius 1 is 1.00 bits per heavy atom. The average molecular weight is 301 g/mol. The Kier molecular flexibility index (Phi) is 4.42. The van der Waals surface area contributed by atoms with Crippen molar-refractivity contribution in [3.63, 3.8) is 0 Å². The minimum absolute atomic E-state index is 0.0730. The number of hydrogen-bond acceptors (Lipinski definition) is 6. The van der Waals surface area contributed by atoms with Crippen molar-refractivity contribution in [1.29, 1.82) is 0 Å². The van der Waals surface area contributed by atoms with Crippen molar-refractivity contribution in [2.45, 2.75) is 6.92 Å². The molecule has 0 fully saturated rings. The Morgan fingerprint density at radius 2 is 1.55 bits per heavy atom. The van der Waals surface area contributed by atoms with Crippen molar-refractivity contribution in [3.05, 3.63) is 74.3 Å². The van der Waals surface area contributed by atoms with E-state index in [0.29, 0.717) is 5.71 Å². The number of rotatable bonds is 5. The van der Waals surface area contributed by atoms with Gasteiger partial charge in [0.2, 0.25) is 0 Å². The van der Waals surface area contributed by atoms with E-state index in [-0.39, 0.29) is 5.75 Å². The normalized spacial score (nSPS) is 11.0. The highest BCUT2D eigenvalue weighted by atomic mass is 16.6. The van der Waals surface area contributed by atoms with Gasteiger partial charge in [0.1, 0.15) is 0 Å². The fraction of sp³-hybridized carbons (Fsp3) is 0.0714. The molecule has 2 aromatic rings. The molecule has 8 heteroatoms. The van der Waals surface area contributed by atoms with Gasteiger partial charge in [-0.3, -0.25) is 20.2 Å². The summed E-state index contributed by atoms with van der Waals surface area (Å²) >= 11 is 0. The van der Waals surface area contributed by atoms with Crippen LogP contribution in [0.25, 0.3) is 0 Å². The largest absolute Gasteiger partial charge is 0.356 e. The van der Waals surface area contributed by atoms with Crippen molar-refractivity contribution in [1.82, 2.24) is 0 Å². The molecule has 0 aliphatic carbocycles. The lowest BCUT2D eigenvalue weighted by Gasteiger charge is -2.02. The predicted octanol–water partition coefficient (Wildman–Crippen LogP) is 3.31. The van der Waals surface area contributed by atoms with Crippen LogP contribution in [0.2, 0.25) is 0 Å². The fourth-order valence-electron chi connectivity index (χ4n) is 1.68. The zero-order chi connectivity index (χ0) is 16.1. The van der Waals surface area contributed by atoms with Crippen LogP contribution in [0, 0.1) is 20.2 Å². The molecule has 0 spiro atoms.